The molecule has 0 saturated heterocycles. The second-order valence-corrected chi connectivity index (χ2v) is 4.94. The van der Waals surface area contributed by atoms with Crippen LogP contribution in [0.25, 0.3) is 0 Å². The number of aromatic nitrogens is 1. The fourth-order valence-corrected chi connectivity index (χ4v) is 2.21. The molecule has 3 heteroatoms. The van der Waals surface area contributed by atoms with Crippen molar-refractivity contribution in [2.75, 3.05) is 0 Å². The van der Waals surface area contributed by atoms with Crippen molar-refractivity contribution >= 4 is 5.78 Å². The predicted molar refractivity (Wildman–Crippen MR) is 66.3 cm³/mol. The summed E-state index contributed by atoms with van der Waals surface area (Å²) in [7, 11) is 0. The number of carbonyl (C=O) groups is 1. The van der Waals surface area contributed by atoms with Gasteiger partial charge in [0.05, 0.1) is 0 Å². The quantitative estimate of drug-likeness (QED) is 0.752. The maximum absolute atomic E-state index is 11.2. The highest BCUT2D eigenvalue weighted by molar-refractivity contribution is 5.94. The number of carbonyl (C=O) groups excluding carboxylic acids is 1. The third-order valence-corrected chi connectivity index (χ3v) is 3.39. The van der Waals surface area contributed by atoms with Gasteiger partial charge in [0.15, 0.2) is 5.78 Å². The van der Waals surface area contributed by atoms with Crippen LogP contribution in [0, 0.1) is 5.92 Å². The van der Waals surface area contributed by atoms with Gasteiger partial charge in [0.2, 0.25) is 5.88 Å². The molecule has 92 valence electrons. The maximum atomic E-state index is 11.2. The van der Waals surface area contributed by atoms with Crippen LogP contribution in [0.15, 0.2) is 18.3 Å². The monoisotopic (exact) mass is 233 g/mol. The minimum atomic E-state index is 0.0505. The Labute approximate surface area is 102 Å². The van der Waals surface area contributed by atoms with Crippen molar-refractivity contribution in [1.82, 2.24) is 4.98 Å². The second kappa shape index (κ2) is 5.30. The smallest absolute Gasteiger partial charge is 0.214 e. The van der Waals surface area contributed by atoms with Gasteiger partial charge in [-0.05, 0) is 44.6 Å². The molecule has 1 aliphatic rings. The Bertz CT molecular complexity index is 395. The zero-order chi connectivity index (χ0) is 12.3. The third kappa shape index (κ3) is 3.29. The summed E-state index contributed by atoms with van der Waals surface area (Å²) in [5.41, 5.74) is 0.666. The molecule has 0 spiro atoms. The lowest BCUT2D eigenvalue weighted by Crippen LogP contribution is -2.23. The molecule has 1 fully saturated rings. The van der Waals surface area contributed by atoms with Crippen molar-refractivity contribution < 1.29 is 9.53 Å². The van der Waals surface area contributed by atoms with Crippen molar-refractivity contribution in [3.63, 3.8) is 0 Å². The summed E-state index contributed by atoms with van der Waals surface area (Å²) in [5.74, 6) is 1.44. The lowest BCUT2D eigenvalue weighted by atomic mass is 9.89. The molecule has 0 atom stereocenters. The third-order valence-electron chi connectivity index (χ3n) is 3.39. The van der Waals surface area contributed by atoms with Crippen molar-refractivity contribution in [3.05, 3.63) is 23.9 Å². The minimum absolute atomic E-state index is 0.0505. The van der Waals surface area contributed by atoms with Crippen LogP contribution in [0.4, 0.5) is 0 Å². The van der Waals surface area contributed by atoms with Crippen molar-refractivity contribution in [2.45, 2.75) is 45.6 Å². The Morgan fingerprint density at radius 1 is 1.35 bits per heavy atom. The average Bonchev–Trinajstić information content (AvgIpc) is 2.32. The Morgan fingerprint density at radius 3 is 2.71 bits per heavy atom. The van der Waals surface area contributed by atoms with Crippen LogP contribution in [0.5, 0.6) is 5.88 Å². The Balaban J connectivity index is 1.98. The lowest BCUT2D eigenvalue weighted by molar-refractivity contribution is 0.101. The zero-order valence-corrected chi connectivity index (χ0v) is 10.5. The Morgan fingerprint density at radius 2 is 2.06 bits per heavy atom. The van der Waals surface area contributed by atoms with E-state index in [4.69, 9.17) is 4.74 Å². The number of pyridine rings is 1. The minimum Gasteiger partial charge on any atom is -0.474 e. The van der Waals surface area contributed by atoms with Gasteiger partial charge in [-0.2, -0.15) is 0 Å². The fourth-order valence-electron chi connectivity index (χ4n) is 2.21. The zero-order valence-electron chi connectivity index (χ0n) is 10.5. The van der Waals surface area contributed by atoms with Gasteiger partial charge in [-0.25, -0.2) is 4.98 Å². The van der Waals surface area contributed by atoms with Gasteiger partial charge in [-0.3, -0.25) is 4.79 Å². The van der Waals surface area contributed by atoms with Crippen LogP contribution in [-0.4, -0.2) is 16.9 Å². The van der Waals surface area contributed by atoms with E-state index < -0.39 is 0 Å². The van der Waals surface area contributed by atoms with Crippen molar-refractivity contribution in [1.29, 1.82) is 0 Å². The molecule has 1 heterocycles. The summed E-state index contributed by atoms with van der Waals surface area (Å²) in [6.45, 7) is 3.84. The van der Waals surface area contributed by atoms with Gasteiger partial charge in [-0.1, -0.05) is 6.92 Å². The van der Waals surface area contributed by atoms with Crippen molar-refractivity contribution in [3.8, 4) is 5.88 Å². The van der Waals surface area contributed by atoms with Crippen LogP contribution in [0.3, 0.4) is 0 Å². The highest BCUT2D eigenvalue weighted by atomic mass is 16.5. The molecule has 0 bridgehead atoms. The SMILES string of the molecule is CC(=O)c1ccnc(OC2CCC(C)CC2)c1. The molecule has 0 unspecified atom stereocenters. The van der Waals surface area contributed by atoms with Gasteiger partial charge in [0.1, 0.15) is 6.10 Å². The van der Waals surface area contributed by atoms with Gasteiger partial charge < -0.3 is 4.74 Å². The number of nitrogens with zero attached hydrogens (tertiary/aromatic N) is 1. The molecule has 3 nitrogen and oxygen atoms in total. The largest absolute Gasteiger partial charge is 0.474 e. The normalized spacial score (nSPS) is 24.4. The average molecular weight is 233 g/mol. The van der Waals surface area contributed by atoms with E-state index in [9.17, 15) is 4.79 Å². The molecule has 1 saturated carbocycles. The standard InChI is InChI=1S/C14H19NO2/c1-10-3-5-13(6-4-10)17-14-9-12(11(2)16)7-8-15-14/h7-10,13H,3-6H2,1-2H3. The van der Waals surface area contributed by atoms with Crippen LogP contribution in [0.1, 0.15) is 49.9 Å². The summed E-state index contributed by atoms with van der Waals surface area (Å²) in [6.07, 6.45) is 6.52. The maximum Gasteiger partial charge on any atom is 0.214 e. The summed E-state index contributed by atoms with van der Waals surface area (Å²) in [5, 5.41) is 0. The number of rotatable bonds is 3. The van der Waals surface area contributed by atoms with E-state index in [0.29, 0.717) is 11.4 Å². The summed E-state index contributed by atoms with van der Waals surface area (Å²) >= 11 is 0. The van der Waals surface area contributed by atoms with Gasteiger partial charge in [0.25, 0.3) is 0 Å². The van der Waals surface area contributed by atoms with Crippen LogP contribution < -0.4 is 4.74 Å². The summed E-state index contributed by atoms with van der Waals surface area (Å²) < 4.78 is 5.83. The van der Waals surface area contributed by atoms with E-state index in [1.165, 1.54) is 12.8 Å². The molecule has 0 aromatic carbocycles. The molecular formula is C14H19NO2. The number of hydrogen-bond acceptors (Lipinski definition) is 3. The number of ketones is 1. The molecular weight excluding hydrogens is 214 g/mol. The van der Waals surface area contributed by atoms with Crippen LogP contribution in [-0.2, 0) is 0 Å². The Hall–Kier alpha value is -1.38. The predicted octanol–water partition coefficient (Wildman–Crippen LogP) is 3.24. The van der Waals surface area contributed by atoms with E-state index in [0.717, 1.165) is 18.8 Å². The fraction of sp³-hybridized carbons (Fsp3) is 0.571. The van der Waals surface area contributed by atoms with Gasteiger partial charge >= 0.3 is 0 Å². The van der Waals surface area contributed by atoms with Crippen LogP contribution in [0.2, 0.25) is 0 Å². The van der Waals surface area contributed by atoms with Gasteiger partial charge in [-0.15, -0.1) is 0 Å². The van der Waals surface area contributed by atoms with E-state index >= 15 is 0 Å². The molecule has 1 aliphatic carbocycles. The molecule has 17 heavy (non-hydrogen) atoms. The molecule has 0 aliphatic heterocycles. The molecule has 0 amide bonds. The summed E-state index contributed by atoms with van der Waals surface area (Å²) in [4.78, 5) is 15.4. The second-order valence-electron chi connectivity index (χ2n) is 4.94. The molecule has 0 N–H and O–H groups in total. The van der Waals surface area contributed by atoms with Gasteiger partial charge in [0, 0.05) is 17.8 Å². The highest BCUT2D eigenvalue weighted by Gasteiger charge is 2.20. The van der Waals surface area contributed by atoms with Crippen molar-refractivity contribution in [2.24, 2.45) is 5.92 Å². The number of hydrogen-bond donors (Lipinski definition) is 0. The topological polar surface area (TPSA) is 39.2 Å². The first-order chi connectivity index (χ1) is 8.15. The lowest BCUT2D eigenvalue weighted by Gasteiger charge is -2.26. The number of Topliss-reactive ketones (excluding diaryl/α,β-unsaturated/α-hetero) is 1. The van der Waals surface area contributed by atoms with E-state index in [1.54, 1.807) is 25.3 Å². The Kier molecular flexibility index (Phi) is 3.77. The van der Waals surface area contributed by atoms with E-state index in [-0.39, 0.29) is 11.9 Å². The molecule has 1 aromatic heterocycles. The number of ether oxygens (including phenoxy) is 1. The highest BCUT2D eigenvalue weighted by Crippen LogP contribution is 2.26. The first-order valence-electron chi connectivity index (χ1n) is 6.29. The first kappa shape index (κ1) is 12.1. The molecule has 2 rings (SSSR count). The summed E-state index contributed by atoms with van der Waals surface area (Å²) in [6, 6.07) is 3.46. The van der Waals surface area contributed by atoms with Crippen LogP contribution >= 0.6 is 0 Å². The molecule has 1 aromatic rings. The van der Waals surface area contributed by atoms with E-state index in [1.807, 2.05) is 0 Å². The van der Waals surface area contributed by atoms with E-state index in [2.05, 4.69) is 11.9 Å². The molecule has 0 radical (unpaired) electrons. The first-order valence-corrected chi connectivity index (χ1v) is 6.29.